The lowest BCUT2D eigenvalue weighted by Crippen LogP contribution is -2.15. The van der Waals surface area contributed by atoms with E-state index in [0.717, 1.165) is 19.3 Å². The molecule has 1 aromatic carbocycles. The number of halogens is 1. The summed E-state index contributed by atoms with van der Waals surface area (Å²) < 4.78 is 18.8. The highest BCUT2D eigenvalue weighted by molar-refractivity contribution is 5.90. The van der Waals surface area contributed by atoms with Crippen LogP contribution in [0.3, 0.4) is 0 Å². The van der Waals surface area contributed by atoms with Gasteiger partial charge in [-0.3, -0.25) is 0 Å². The van der Waals surface area contributed by atoms with Crippen LogP contribution >= 0.6 is 0 Å². The molecule has 3 nitrogen and oxygen atoms in total. The van der Waals surface area contributed by atoms with E-state index in [1.54, 1.807) is 6.92 Å². The summed E-state index contributed by atoms with van der Waals surface area (Å²) in [6.45, 7) is 5.59. The number of carbonyl (C=O) groups excluding carboxylic acids is 1. The van der Waals surface area contributed by atoms with Crippen molar-refractivity contribution < 1.29 is 13.9 Å². The van der Waals surface area contributed by atoms with E-state index in [-0.39, 0.29) is 17.4 Å². The molecule has 1 atom stereocenters. The van der Waals surface area contributed by atoms with Gasteiger partial charge in [-0.05, 0) is 38.8 Å². The Balaban J connectivity index is 2.54. The highest BCUT2D eigenvalue weighted by Gasteiger charge is 2.15. The standard InChI is InChI=1S/C16H24FNO2/c1-4-5-6-7-8-11(2)20-16(19)13-9-14(17)12(3)15(18)10-13/h9-11H,4-8,18H2,1-3H3. The minimum absolute atomic E-state index is 0.162. The number of ether oxygens (including phenoxy) is 1. The van der Waals surface area contributed by atoms with E-state index in [1.165, 1.54) is 25.0 Å². The highest BCUT2D eigenvalue weighted by atomic mass is 19.1. The van der Waals surface area contributed by atoms with Crippen LogP contribution in [0.2, 0.25) is 0 Å². The largest absolute Gasteiger partial charge is 0.459 e. The molecule has 2 N–H and O–H groups in total. The molecule has 0 radical (unpaired) electrons. The molecular weight excluding hydrogens is 257 g/mol. The summed E-state index contributed by atoms with van der Waals surface area (Å²) in [5.74, 6) is -0.994. The predicted molar refractivity (Wildman–Crippen MR) is 79.2 cm³/mol. The second-order valence-electron chi connectivity index (χ2n) is 5.24. The molecule has 0 aliphatic heterocycles. The van der Waals surface area contributed by atoms with Crippen LogP contribution in [0.15, 0.2) is 12.1 Å². The first-order chi connectivity index (χ1) is 9.45. The maximum absolute atomic E-state index is 13.5. The molecule has 1 unspecified atom stereocenters. The van der Waals surface area contributed by atoms with Crippen LogP contribution in [-0.4, -0.2) is 12.1 Å². The lowest BCUT2D eigenvalue weighted by molar-refractivity contribution is 0.0319. The van der Waals surface area contributed by atoms with Gasteiger partial charge in [0.2, 0.25) is 0 Å². The fourth-order valence-corrected chi connectivity index (χ4v) is 1.99. The van der Waals surface area contributed by atoms with E-state index in [1.807, 2.05) is 6.92 Å². The number of nitrogen functional groups attached to an aromatic ring is 1. The van der Waals surface area contributed by atoms with Crippen molar-refractivity contribution >= 4 is 11.7 Å². The zero-order chi connectivity index (χ0) is 15.1. The molecule has 1 rings (SSSR count). The van der Waals surface area contributed by atoms with Gasteiger partial charge in [0.25, 0.3) is 0 Å². The Hall–Kier alpha value is -1.58. The monoisotopic (exact) mass is 281 g/mol. The lowest BCUT2D eigenvalue weighted by atomic mass is 10.1. The fraction of sp³-hybridized carbons (Fsp3) is 0.562. The third-order valence-corrected chi connectivity index (χ3v) is 3.39. The van der Waals surface area contributed by atoms with Crippen LogP contribution in [0.5, 0.6) is 0 Å². The number of anilines is 1. The summed E-state index contributed by atoms with van der Waals surface area (Å²) in [5, 5.41) is 0. The summed E-state index contributed by atoms with van der Waals surface area (Å²) in [4.78, 5) is 11.9. The number of unbranched alkanes of at least 4 members (excludes halogenated alkanes) is 3. The van der Waals surface area contributed by atoms with Gasteiger partial charge in [0, 0.05) is 11.3 Å². The first-order valence-corrected chi connectivity index (χ1v) is 7.22. The molecule has 0 bridgehead atoms. The molecule has 0 fully saturated rings. The van der Waals surface area contributed by atoms with Crippen LogP contribution in [0, 0.1) is 12.7 Å². The molecule has 0 aliphatic carbocycles. The average Bonchev–Trinajstić information content (AvgIpc) is 2.40. The van der Waals surface area contributed by atoms with Crippen LogP contribution in [0.1, 0.15) is 61.9 Å². The Labute approximate surface area is 120 Å². The number of esters is 1. The first-order valence-electron chi connectivity index (χ1n) is 7.22. The van der Waals surface area contributed by atoms with Gasteiger partial charge in [0.1, 0.15) is 5.82 Å². The van der Waals surface area contributed by atoms with Crippen molar-refractivity contribution in [3.05, 3.63) is 29.1 Å². The summed E-state index contributed by atoms with van der Waals surface area (Å²) in [6, 6.07) is 2.64. The van der Waals surface area contributed by atoms with Crippen molar-refractivity contribution in [2.45, 2.75) is 59.0 Å². The van der Waals surface area contributed by atoms with Gasteiger partial charge < -0.3 is 10.5 Å². The van der Waals surface area contributed by atoms with Crippen molar-refractivity contribution in [1.82, 2.24) is 0 Å². The van der Waals surface area contributed by atoms with Gasteiger partial charge in [0.05, 0.1) is 11.7 Å². The fourth-order valence-electron chi connectivity index (χ4n) is 1.99. The van der Waals surface area contributed by atoms with E-state index in [9.17, 15) is 9.18 Å². The number of hydrogen-bond acceptors (Lipinski definition) is 3. The van der Waals surface area contributed by atoms with Crippen LogP contribution < -0.4 is 5.73 Å². The SMILES string of the molecule is CCCCCCC(C)OC(=O)c1cc(N)c(C)c(F)c1. The lowest BCUT2D eigenvalue weighted by Gasteiger charge is -2.14. The van der Waals surface area contributed by atoms with E-state index in [0.29, 0.717) is 5.56 Å². The molecular formula is C16H24FNO2. The molecule has 112 valence electrons. The summed E-state index contributed by atoms with van der Waals surface area (Å²) in [6.07, 6.45) is 5.22. The zero-order valence-electron chi connectivity index (χ0n) is 12.5. The Morgan fingerprint density at radius 1 is 1.35 bits per heavy atom. The average molecular weight is 281 g/mol. The maximum Gasteiger partial charge on any atom is 0.338 e. The molecule has 20 heavy (non-hydrogen) atoms. The van der Waals surface area contributed by atoms with E-state index >= 15 is 0 Å². The third kappa shape index (κ3) is 4.83. The van der Waals surface area contributed by atoms with Crippen molar-refractivity contribution in [2.75, 3.05) is 5.73 Å². The number of carbonyl (C=O) groups is 1. The molecule has 4 heteroatoms. The van der Waals surface area contributed by atoms with Crippen molar-refractivity contribution in [1.29, 1.82) is 0 Å². The summed E-state index contributed by atoms with van der Waals surface area (Å²) >= 11 is 0. The maximum atomic E-state index is 13.5. The molecule has 0 spiro atoms. The molecule has 0 saturated heterocycles. The van der Waals surface area contributed by atoms with Crippen molar-refractivity contribution in [2.24, 2.45) is 0 Å². The third-order valence-electron chi connectivity index (χ3n) is 3.39. The van der Waals surface area contributed by atoms with E-state index in [2.05, 4.69) is 6.92 Å². The second kappa shape index (κ2) is 7.88. The topological polar surface area (TPSA) is 52.3 Å². The molecule has 1 aromatic rings. The molecule has 0 saturated carbocycles. The van der Waals surface area contributed by atoms with Gasteiger partial charge in [0.15, 0.2) is 0 Å². The number of hydrogen-bond donors (Lipinski definition) is 1. The Bertz CT molecular complexity index is 437. The number of nitrogens with two attached hydrogens (primary N) is 1. The van der Waals surface area contributed by atoms with Crippen LogP contribution in [0.25, 0.3) is 0 Å². The summed E-state index contributed by atoms with van der Waals surface area (Å²) in [7, 11) is 0. The Kier molecular flexibility index (Phi) is 6.49. The quantitative estimate of drug-likeness (QED) is 0.462. The van der Waals surface area contributed by atoms with Crippen LogP contribution in [-0.2, 0) is 4.74 Å². The second-order valence-corrected chi connectivity index (χ2v) is 5.24. The van der Waals surface area contributed by atoms with E-state index < -0.39 is 11.8 Å². The first kappa shape index (κ1) is 16.5. The number of rotatable bonds is 7. The zero-order valence-corrected chi connectivity index (χ0v) is 12.5. The highest BCUT2D eigenvalue weighted by Crippen LogP contribution is 2.19. The van der Waals surface area contributed by atoms with Crippen molar-refractivity contribution in [3.8, 4) is 0 Å². The van der Waals surface area contributed by atoms with Crippen LogP contribution in [0.4, 0.5) is 10.1 Å². The Morgan fingerprint density at radius 2 is 2.05 bits per heavy atom. The predicted octanol–water partition coefficient (Wildman–Crippen LogP) is 4.23. The number of benzene rings is 1. The smallest absolute Gasteiger partial charge is 0.338 e. The van der Waals surface area contributed by atoms with Gasteiger partial charge in [-0.1, -0.05) is 26.2 Å². The summed E-state index contributed by atoms with van der Waals surface area (Å²) in [5.41, 5.74) is 6.45. The molecule has 0 amide bonds. The van der Waals surface area contributed by atoms with E-state index in [4.69, 9.17) is 10.5 Å². The van der Waals surface area contributed by atoms with Gasteiger partial charge in [-0.15, -0.1) is 0 Å². The van der Waals surface area contributed by atoms with Crippen molar-refractivity contribution in [3.63, 3.8) is 0 Å². The minimum Gasteiger partial charge on any atom is -0.459 e. The van der Waals surface area contributed by atoms with Gasteiger partial charge >= 0.3 is 5.97 Å². The Morgan fingerprint density at radius 3 is 2.65 bits per heavy atom. The van der Waals surface area contributed by atoms with Gasteiger partial charge in [-0.2, -0.15) is 0 Å². The molecule has 0 heterocycles. The van der Waals surface area contributed by atoms with Gasteiger partial charge in [-0.25, -0.2) is 9.18 Å². The molecule has 0 aromatic heterocycles. The normalized spacial score (nSPS) is 12.2. The molecule has 0 aliphatic rings. The minimum atomic E-state index is -0.515.